The molecule has 268 valence electrons. The molecule has 3 aliphatic rings. The van der Waals surface area contributed by atoms with E-state index >= 15 is 0 Å². The van der Waals surface area contributed by atoms with E-state index in [9.17, 15) is 18.8 Å². The third kappa shape index (κ3) is 7.70. The molecule has 3 aromatic rings. The summed E-state index contributed by atoms with van der Waals surface area (Å²) in [5, 5.41) is 2.59. The Labute approximate surface area is 298 Å². The predicted octanol–water partition coefficient (Wildman–Crippen LogP) is 6.42. The van der Waals surface area contributed by atoms with Crippen LogP contribution in [0.1, 0.15) is 88.9 Å². The maximum absolute atomic E-state index is 14.7. The largest absolute Gasteiger partial charge is 0.453 e. The van der Waals surface area contributed by atoms with Crippen LogP contribution in [0, 0.1) is 29.6 Å². The number of alkyl carbamates (subject to hydrolysis) is 1. The van der Waals surface area contributed by atoms with Gasteiger partial charge < -0.3 is 24.8 Å². The van der Waals surface area contributed by atoms with Crippen molar-refractivity contribution in [3.63, 3.8) is 0 Å². The van der Waals surface area contributed by atoms with Gasteiger partial charge in [0, 0.05) is 48.3 Å². The molecule has 0 spiro atoms. The molecule has 6 rings (SSSR count). The summed E-state index contributed by atoms with van der Waals surface area (Å²) in [5.74, 6) is 6.90. The average molecular weight is 695 g/mol. The van der Waals surface area contributed by atoms with Crippen LogP contribution in [0.4, 0.5) is 9.18 Å². The van der Waals surface area contributed by atoms with Gasteiger partial charge in [-0.25, -0.2) is 14.2 Å². The molecule has 0 unspecified atom stereocenters. The molecule has 0 radical (unpaired) electrons. The molecule has 10 nitrogen and oxygen atoms in total. The van der Waals surface area contributed by atoms with Gasteiger partial charge in [0.05, 0.1) is 36.8 Å². The van der Waals surface area contributed by atoms with Gasteiger partial charge in [0.15, 0.2) is 0 Å². The number of carbonyl (C=O) groups is 3. The summed E-state index contributed by atoms with van der Waals surface area (Å²) >= 11 is 0. The Balaban J connectivity index is 1.11. The first-order chi connectivity index (χ1) is 24.4. The normalized spacial score (nSPS) is 21.4. The van der Waals surface area contributed by atoms with Crippen molar-refractivity contribution in [1.82, 2.24) is 25.1 Å². The Hall–Kier alpha value is -4.98. The van der Waals surface area contributed by atoms with Gasteiger partial charge in [0.2, 0.25) is 11.8 Å². The van der Waals surface area contributed by atoms with Crippen LogP contribution >= 0.6 is 0 Å². The van der Waals surface area contributed by atoms with Gasteiger partial charge in [0.25, 0.3) is 0 Å². The van der Waals surface area contributed by atoms with Crippen LogP contribution in [0.25, 0.3) is 16.6 Å². The molecule has 0 bridgehead atoms. The van der Waals surface area contributed by atoms with Crippen molar-refractivity contribution >= 4 is 40.2 Å². The van der Waals surface area contributed by atoms with Crippen LogP contribution in [0.2, 0.25) is 0 Å². The number of nitrogens with one attached hydrogen (secondary N) is 2. The second-order valence-electron chi connectivity index (χ2n) is 14.6. The number of likely N-dealkylation sites (tertiary alicyclic amines) is 2. The molecule has 2 aromatic carbocycles. The first-order valence-electron chi connectivity index (χ1n) is 17.9. The number of alkyl halides is 1. The van der Waals surface area contributed by atoms with Crippen LogP contribution < -0.4 is 5.32 Å². The number of carbonyl (C=O) groups excluding carboxylic acids is 3. The summed E-state index contributed by atoms with van der Waals surface area (Å²) in [6.45, 7) is 10.6. The van der Waals surface area contributed by atoms with Gasteiger partial charge in [-0.2, -0.15) is 0 Å². The Morgan fingerprint density at radius 3 is 2.39 bits per heavy atom. The predicted molar refractivity (Wildman–Crippen MR) is 195 cm³/mol. The number of hydrogen-bond donors (Lipinski definition) is 2. The number of ether oxygens (including phenoxy) is 1. The standard InChI is InChI=1S/C40H47FN6O4/c1-23(2)25(5)38(48)46-17-7-8-34(46)33-19-29(21-42-33)28-14-11-26(12-15-28)9-10-27-13-16-31-32(18-27)44-37(43-31)35-20-30(41)22-47(35)39(49)36(24(3)4)45-40(50)51-6/h11-16,18,21,23-25,30,34-36H,7-8,17,19-20,22H2,1-6H3,(H,43,44)(H,45,50)/t25-,30-,34-,35-,36-/m0/s1. The van der Waals surface area contributed by atoms with E-state index in [-0.39, 0.29) is 42.7 Å². The molecule has 2 N–H and O–H groups in total. The van der Waals surface area contributed by atoms with Crippen molar-refractivity contribution in [2.24, 2.45) is 22.7 Å². The van der Waals surface area contributed by atoms with Crippen LogP contribution in [-0.2, 0) is 14.3 Å². The highest BCUT2D eigenvalue weighted by Gasteiger charge is 2.42. The fourth-order valence-electron chi connectivity index (χ4n) is 7.09. The fourth-order valence-corrected chi connectivity index (χ4v) is 7.09. The van der Waals surface area contributed by atoms with Gasteiger partial charge in [-0.05, 0) is 66.1 Å². The van der Waals surface area contributed by atoms with Crippen molar-refractivity contribution in [3.05, 3.63) is 71.2 Å². The van der Waals surface area contributed by atoms with E-state index in [4.69, 9.17) is 14.7 Å². The molecule has 0 saturated carbocycles. The molecular weight excluding hydrogens is 647 g/mol. The number of allylic oxidation sites excluding steroid dienone is 1. The maximum Gasteiger partial charge on any atom is 0.407 e. The second-order valence-corrected chi connectivity index (χ2v) is 14.6. The van der Waals surface area contributed by atoms with Crippen LogP contribution in [0.3, 0.4) is 0 Å². The van der Waals surface area contributed by atoms with Gasteiger partial charge >= 0.3 is 6.09 Å². The van der Waals surface area contributed by atoms with E-state index in [1.807, 2.05) is 62.2 Å². The first kappa shape index (κ1) is 35.8. The van der Waals surface area contributed by atoms with Crippen molar-refractivity contribution in [1.29, 1.82) is 0 Å². The Kier molecular flexibility index (Phi) is 10.6. The number of benzene rings is 2. The van der Waals surface area contributed by atoms with Crippen LogP contribution in [0.5, 0.6) is 0 Å². The fraction of sp³-hybridized carbons (Fsp3) is 0.475. The van der Waals surface area contributed by atoms with Crippen LogP contribution in [0.15, 0.2) is 53.7 Å². The van der Waals surface area contributed by atoms with Crippen LogP contribution in [-0.4, -0.2) is 81.8 Å². The zero-order valence-electron chi connectivity index (χ0n) is 30.2. The first-order valence-corrected chi connectivity index (χ1v) is 17.9. The maximum atomic E-state index is 14.7. The monoisotopic (exact) mass is 694 g/mol. The molecule has 3 amide bonds. The summed E-state index contributed by atoms with van der Waals surface area (Å²) in [6.07, 6.45) is 2.83. The molecule has 0 aliphatic carbocycles. The summed E-state index contributed by atoms with van der Waals surface area (Å²) in [7, 11) is 1.24. The number of rotatable bonds is 8. The van der Waals surface area contributed by atoms with Crippen molar-refractivity contribution < 1.29 is 23.5 Å². The number of H-pyrrole nitrogens is 1. The molecule has 51 heavy (non-hydrogen) atoms. The molecule has 2 fully saturated rings. The van der Waals surface area contributed by atoms with Crippen molar-refractivity contribution in [3.8, 4) is 11.8 Å². The molecule has 3 aliphatic heterocycles. The number of aromatic amines is 1. The number of aromatic nitrogens is 2. The summed E-state index contributed by atoms with van der Waals surface area (Å²) in [6, 6.07) is 12.4. The van der Waals surface area contributed by atoms with Gasteiger partial charge in [0.1, 0.15) is 18.0 Å². The number of fused-ring (bicyclic) bond motifs is 1. The van der Waals surface area contributed by atoms with E-state index < -0.39 is 24.3 Å². The third-order valence-corrected chi connectivity index (χ3v) is 10.4. The van der Waals surface area contributed by atoms with E-state index in [0.717, 1.165) is 59.3 Å². The van der Waals surface area contributed by atoms with Crippen molar-refractivity contribution in [2.45, 2.75) is 84.6 Å². The number of methoxy groups -OCH3 is 1. The molecule has 5 atom stereocenters. The minimum atomic E-state index is -1.21. The number of nitrogens with zero attached hydrogens (tertiary/aromatic N) is 4. The minimum absolute atomic E-state index is 0.0000878. The lowest BCUT2D eigenvalue weighted by Gasteiger charge is -2.29. The molecule has 1 aromatic heterocycles. The van der Waals surface area contributed by atoms with E-state index in [1.165, 1.54) is 12.0 Å². The lowest BCUT2D eigenvalue weighted by Crippen LogP contribution is -2.51. The van der Waals surface area contributed by atoms with Gasteiger partial charge in [-0.15, -0.1) is 0 Å². The lowest BCUT2D eigenvalue weighted by atomic mass is 9.94. The molecule has 4 heterocycles. The topological polar surface area (TPSA) is 120 Å². The zero-order chi connectivity index (χ0) is 36.4. The highest BCUT2D eigenvalue weighted by atomic mass is 19.1. The van der Waals surface area contributed by atoms with Gasteiger partial charge in [-0.1, -0.05) is 58.6 Å². The number of halogens is 1. The summed E-state index contributed by atoms with van der Waals surface area (Å²) in [5.41, 5.74) is 6.38. The summed E-state index contributed by atoms with van der Waals surface area (Å²) in [4.78, 5) is 54.8. The lowest BCUT2D eigenvalue weighted by molar-refractivity contribution is -0.136. The number of hydrogen-bond acceptors (Lipinski definition) is 6. The highest BCUT2D eigenvalue weighted by molar-refractivity contribution is 6.03. The number of amides is 3. The molecular formula is C40H47FN6O4. The van der Waals surface area contributed by atoms with E-state index in [2.05, 4.69) is 48.1 Å². The average Bonchev–Trinajstić information content (AvgIpc) is 3.94. The highest BCUT2D eigenvalue weighted by Crippen LogP contribution is 2.35. The summed E-state index contributed by atoms with van der Waals surface area (Å²) < 4.78 is 19.4. The second kappa shape index (κ2) is 15.1. The Morgan fingerprint density at radius 1 is 0.961 bits per heavy atom. The minimum Gasteiger partial charge on any atom is -0.453 e. The smallest absolute Gasteiger partial charge is 0.407 e. The third-order valence-electron chi connectivity index (χ3n) is 10.4. The zero-order valence-corrected chi connectivity index (χ0v) is 30.2. The van der Waals surface area contributed by atoms with Crippen molar-refractivity contribution in [2.75, 3.05) is 20.2 Å². The SMILES string of the molecule is COC(=O)N[C@H](C(=O)N1C[C@@H](F)C[C@H]1c1nc2ccc(C#Cc3ccc(C4=CN=C([C@@H]5CCCN5C(=O)[C@@H](C)C(C)C)C4)cc3)cc2[nH]1)C(C)C. The van der Waals surface area contributed by atoms with E-state index in [0.29, 0.717) is 17.3 Å². The van der Waals surface area contributed by atoms with Gasteiger partial charge in [-0.3, -0.25) is 14.6 Å². The quantitative estimate of drug-likeness (QED) is 0.264. The Bertz CT molecular complexity index is 1920. The van der Waals surface area contributed by atoms with E-state index in [1.54, 1.807) is 0 Å². The Morgan fingerprint density at radius 2 is 1.69 bits per heavy atom. The molecule has 11 heteroatoms. The number of imidazole rings is 1. The molecule has 2 saturated heterocycles. The number of aliphatic imine (C=N–C) groups is 1.